The van der Waals surface area contributed by atoms with Crippen LogP contribution in [0.25, 0.3) is 0 Å². The summed E-state index contributed by atoms with van der Waals surface area (Å²) >= 11 is 9.48. The lowest BCUT2D eigenvalue weighted by Crippen LogP contribution is -2.26. The van der Waals surface area contributed by atoms with Crippen LogP contribution in [-0.4, -0.2) is 21.5 Å². The molecular weight excluding hydrogens is 499 g/mol. The highest BCUT2D eigenvalue weighted by Crippen LogP contribution is 2.32. The van der Waals surface area contributed by atoms with Crippen LogP contribution in [0.1, 0.15) is 30.6 Å². The van der Waals surface area contributed by atoms with Crippen LogP contribution >= 0.6 is 54.5 Å². The van der Waals surface area contributed by atoms with Gasteiger partial charge in [0.05, 0.1) is 11.7 Å². The quantitative estimate of drug-likeness (QED) is 0.614. The van der Waals surface area contributed by atoms with E-state index in [1.165, 1.54) is 9.13 Å². The first kappa shape index (κ1) is 16.4. The summed E-state index contributed by atoms with van der Waals surface area (Å²) in [4.78, 5) is 0. The summed E-state index contributed by atoms with van der Waals surface area (Å²) < 4.78 is 4.87. The molecule has 20 heavy (non-hydrogen) atoms. The highest BCUT2D eigenvalue weighted by Gasteiger charge is 2.23. The summed E-state index contributed by atoms with van der Waals surface area (Å²) in [5.41, 5.74) is 2.22. The molecule has 0 fully saturated rings. The Morgan fingerprint density at radius 2 is 2.15 bits per heavy atom. The topological polar surface area (TPSA) is 42.7 Å². The van der Waals surface area contributed by atoms with Crippen LogP contribution in [0.3, 0.4) is 0 Å². The van der Waals surface area contributed by atoms with Gasteiger partial charge < -0.3 is 5.32 Å². The molecule has 108 valence electrons. The fourth-order valence-corrected chi connectivity index (χ4v) is 3.57. The van der Waals surface area contributed by atoms with Crippen LogP contribution in [0.5, 0.6) is 0 Å². The van der Waals surface area contributed by atoms with Gasteiger partial charge in [-0.25, -0.2) is 4.68 Å². The predicted octanol–water partition coefficient (Wildman–Crippen LogP) is 4.03. The summed E-state index contributed by atoms with van der Waals surface area (Å²) in [5.74, 6) is 0. The molecule has 1 aromatic carbocycles. The van der Waals surface area contributed by atoms with E-state index in [2.05, 4.69) is 95.2 Å². The van der Waals surface area contributed by atoms with Crippen molar-refractivity contribution in [3.05, 3.63) is 42.1 Å². The molecule has 0 aliphatic carbocycles. The number of hydrogen-bond donors (Lipinski definition) is 1. The van der Waals surface area contributed by atoms with Crippen LogP contribution in [-0.2, 0) is 7.05 Å². The summed E-state index contributed by atoms with van der Waals surface area (Å²) in [6.07, 6.45) is 1.07. The lowest BCUT2D eigenvalue weighted by atomic mass is 10.0. The standard InChI is InChI=1S/C13H15Br2IN4/c1-3-6-17-11(12-13(15)18-19-20(12)2)9-7-8(16)4-5-10(9)14/h4-5,7,11,17H,3,6H2,1-2H3. The second-order valence-corrected chi connectivity index (χ2v) is 7.29. The number of benzene rings is 1. The number of hydrogen-bond acceptors (Lipinski definition) is 3. The Morgan fingerprint density at radius 1 is 1.40 bits per heavy atom. The van der Waals surface area contributed by atoms with E-state index in [9.17, 15) is 0 Å². The molecule has 0 spiro atoms. The molecule has 7 heteroatoms. The van der Waals surface area contributed by atoms with E-state index in [1.54, 1.807) is 0 Å². The Bertz CT molecular complexity index is 581. The highest BCUT2D eigenvalue weighted by molar-refractivity contribution is 14.1. The van der Waals surface area contributed by atoms with E-state index in [1.807, 2.05) is 11.7 Å². The zero-order valence-corrected chi connectivity index (χ0v) is 16.5. The van der Waals surface area contributed by atoms with E-state index >= 15 is 0 Å². The van der Waals surface area contributed by atoms with Gasteiger partial charge in [0.2, 0.25) is 0 Å². The zero-order chi connectivity index (χ0) is 14.7. The molecule has 1 atom stereocenters. The van der Waals surface area contributed by atoms with Gasteiger partial charge in [-0.15, -0.1) is 5.10 Å². The van der Waals surface area contributed by atoms with Crippen molar-refractivity contribution < 1.29 is 0 Å². The number of aryl methyl sites for hydroxylation is 1. The number of nitrogens with one attached hydrogen (secondary N) is 1. The van der Waals surface area contributed by atoms with Crippen molar-refractivity contribution in [3.8, 4) is 0 Å². The number of halogens is 3. The zero-order valence-electron chi connectivity index (χ0n) is 11.2. The van der Waals surface area contributed by atoms with E-state index in [0.29, 0.717) is 0 Å². The molecule has 0 aliphatic heterocycles. The summed E-state index contributed by atoms with van der Waals surface area (Å²) in [5, 5.41) is 11.8. The largest absolute Gasteiger partial charge is 0.305 e. The molecule has 2 aromatic rings. The molecule has 1 heterocycles. The molecule has 1 aromatic heterocycles. The van der Waals surface area contributed by atoms with Crippen molar-refractivity contribution in [2.75, 3.05) is 6.54 Å². The molecule has 0 bridgehead atoms. The summed E-state index contributed by atoms with van der Waals surface area (Å²) in [7, 11) is 1.91. The molecule has 0 amide bonds. The first-order chi connectivity index (χ1) is 9.54. The Hall–Kier alpha value is 0.01000. The number of nitrogens with zero attached hydrogens (tertiary/aromatic N) is 3. The fraction of sp³-hybridized carbons (Fsp3) is 0.385. The van der Waals surface area contributed by atoms with Crippen LogP contribution in [0, 0.1) is 3.57 Å². The maximum atomic E-state index is 4.10. The highest BCUT2D eigenvalue weighted by atomic mass is 127. The van der Waals surface area contributed by atoms with Gasteiger partial charge in [-0.1, -0.05) is 28.1 Å². The lowest BCUT2D eigenvalue weighted by molar-refractivity contribution is 0.548. The van der Waals surface area contributed by atoms with Crippen molar-refractivity contribution in [2.45, 2.75) is 19.4 Å². The molecule has 4 nitrogen and oxygen atoms in total. The van der Waals surface area contributed by atoms with Gasteiger partial charge in [0.25, 0.3) is 0 Å². The maximum Gasteiger partial charge on any atom is 0.153 e. The first-order valence-electron chi connectivity index (χ1n) is 6.28. The van der Waals surface area contributed by atoms with Gasteiger partial charge in [0.1, 0.15) is 0 Å². The van der Waals surface area contributed by atoms with Gasteiger partial charge in [-0.05, 0) is 75.2 Å². The van der Waals surface area contributed by atoms with Gasteiger partial charge in [0.15, 0.2) is 4.60 Å². The second-order valence-electron chi connectivity index (χ2n) is 4.44. The van der Waals surface area contributed by atoms with Gasteiger partial charge in [-0.3, -0.25) is 0 Å². The van der Waals surface area contributed by atoms with E-state index in [4.69, 9.17) is 0 Å². The molecular formula is C13H15Br2IN4. The Balaban J connectivity index is 2.50. The third-order valence-corrected chi connectivity index (χ3v) is 4.93. The van der Waals surface area contributed by atoms with Crippen LogP contribution in [0.15, 0.2) is 27.3 Å². The van der Waals surface area contributed by atoms with Gasteiger partial charge in [-0.2, -0.15) is 0 Å². The van der Waals surface area contributed by atoms with Crippen molar-refractivity contribution in [3.63, 3.8) is 0 Å². The summed E-state index contributed by atoms with van der Waals surface area (Å²) in [6, 6.07) is 6.39. The van der Waals surface area contributed by atoms with E-state index < -0.39 is 0 Å². The van der Waals surface area contributed by atoms with Gasteiger partial charge in [0, 0.05) is 15.1 Å². The van der Waals surface area contributed by atoms with Crippen molar-refractivity contribution >= 4 is 54.5 Å². The number of aromatic nitrogens is 3. The minimum Gasteiger partial charge on any atom is -0.305 e. The Kier molecular flexibility index (Phi) is 6.00. The molecule has 1 N–H and O–H groups in total. The molecule has 0 saturated heterocycles. The lowest BCUT2D eigenvalue weighted by Gasteiger charge is -2.21. The van der Waals surface area contributed by atoms with Crippen LogP contribution < -0.4 is 5.32 Å². The maximum absolute atomic E-state index is 4.10. The Labute approximate surface area is 149 Å². The Morgan fingerprint density at radius 3 is 2.75 bits per heavy atom. The average molecular weight is 514 g/mol. The van der Waals surface area contributed by atoms with Crippen LogP contribution in [0.4, 0.5) is 0 Å². The van der Waals surface area contributed by atoms with Gasteiger partial charge >= 0.3 is 0 Å². The first-order valence-corrected chi connectivity index (χ1v) is 8.94. The predicted molar refractivity (Wildman–Crippen MR) is 95.7 cm³/mol. The molecule has 0 saturated carbocycles. The SMILES string of the molecule is CCCNC(c1cc(I)ccc1Br)c1c(Br)nnn1C. The normalized spacial score (nSPS) is 12.7. The fourth-order valence-electron chi connectivity index (χ4n) is 2.02. The second kappa shape index (κ2) is 7.33. The molecule has 1 unspecified atom stereocenters. The minimum atomic E-state index is 0.0495. The number of rotatable bonds is 5. The molecule has 2 rings (SSSR count). The minimum absolute atomic E-state index is 0.0495. The summed E-state index contributed by atoms with van der Waals surface area (Å²) in [6.45, 7) is 3.09. The smallest absolute Gasteiger partial charge is 0.153 e. The monoisotopic (exact) mass is 512 g/mol. The third-order valence-electron chi connectivity index (χ3n) is 2.97. The molecule has 0 radical (unpaired) electrons. The van der Waals surface area contributed by atoms with E-state index in [0.717, 1.165) is 27.7 Å². The average Bonchev–Trinajstić information content (AvgIpc) is 2.74. The van der Waals surface area contributed by atoms with Crippen molar-refractivity contribution in [1.29, 1.82) is 0 Å². The van der Waals surface area contributed by atoms with Crippen molar-refractivity contribution in [2.24, 2.45) is 7.05 Å². The third kappa shape index (κ3) is 3.61. The van der Waals surface area contributed by atoms with Crippen LogP contribution in [0.2, 0.25) is 0 Å². The van der Waals surface area contributed by atoms with Crippen molar-refractivity contribution in [1.82, 2.24) is 20.3 Å². The molecule has 0 aliphatic rings. The van der Waals surface area contributed by atoms with E-state index in [-0.39, 0.29) is 6.04 Å².